The molecule has 0 atom stereocenters. The summed E-state index contributed by atoms with van der Waals surface area (Å²) in [5, 5.41) is -0.602. The highest BCUT2D eigenvalue weighted by Gasteiger charge is 2.23. The molecule has 3 aromatic heterocycles. The Balaban J connectivity index is 1.41. The van der Waals surface area contributed by atoms with Gasteiger partial charge in [0.05, 0.1) is 45.4 Å². The summed E-state index contributed by atoms with van der Waals surface area (Å²) in [4.78, 5) is 19.5. The van der Waals surface area contributed by atoms with E-state index in [4.69, 9.17) is 37.8 Å². The number of aromatic nitrogens is 6. The van der Waals surface area contributed by atoms with Gasteiger partial charge in [0.1, 0.15) is 5.82 Å². The molecule has 52 heavy (non-hydrogen) atoms. The van der Waals surface area contributed by atoms with Crippen molar-refractivity contribution >= 4 is 32.8 Å². The van der Waals surface area contributed by atoms with E-state index in [1.54, 1.807) is 24.3 Å². The minimum Gasteiger partial charge on any atom is -0.292 e. The minimum atomic E-state index is -0.820. The first kappa shape index (κ1) is 17.2. The number of fused-ring (bicyclic) bond motifs is 4. The molecule has 0 fully saturated rings. The topological polar surface area (TPSA) is 61.4 Å². The normalized spacial score (nSPS) is 16.0. The van der Waals surface area contributed by atoms with Crippen LogP contribution >= 0.6 is 0 Å². The highest BCUT2D eigenvalue weighted by Crippen LogP contribution is 2.38. The van der Waals surface area contributed by atoms with Crippen LogP contribution in [0.3, 0.4) is 0 Å². The second kappa shape index (κ2) is 12.3. The number of rotatable bonds is 6. The smallest absolute Gasteiger partial charge is 0.238 e. The average molecular weight is 684 g/mol. The van der Waals surface area contributed by atoms with Crippen LogP contribution in [0.4, 0.5) is 0 Å². The second-order valence-electron chi connectivity index (χ2n) is 11.5. The lowest BCUT2D eigenvalue weighted by Crippen LogP contribution is -2.07. The molecule has 0 N–H and O–H groups in total. The van der Waals surface area contributed by atoms with Gasteiger partial charge in [-0.2, -0.15) is 9.97 Å². The van der Waals surface area contributed by atoms with Crippen molar-refractivity contribution in [3.8, 4) is 56.9 Å². The lowest BCUT2D eigenvalue weighted by molar-refractivity contribution is 0.953. The van der Waals surface area contributed by atoms with Crippen molar-refractivity contribution in [1.29, 1.82) is 0 Å². The summed E-state index contributed by atoms with van der Waals surface area (Å²) in [5.41, 5.74) is 0.222. The van der Waals surface area contributed by atoms with Crippen molar-refractivity contribution in [2.24, 2.45) is 0 Å². The molecule has 10 rings (SSSR count). The van der Waals surface area contributed by atoms with Gasteiger partial charge in [-0.05, 0) is 47.5 Å². The summed E-state index contributed by atoms with van der Waals surface area (Å²) in [7, 11) is 0. The van der Waals surface area contributed by atoms with E-state index >= 15 is 0 Å². The van der Waals surface area contributed by atoms with E-state index in [-0.39, 0.29) is 33.2 Å². The van der Waals surface area contributed by atoms with Crippen LogP contribution in [0.25, 0.3) is 89.8 Å². The lowest BCUT2D eigenvalue weighted by atomic mass is 9.99. The second-order valence-corrected chi connectivity index (χ2v) is 11.5. The molecule has 0 saturated carbocycles. The van der Waals surface area contributed by atoms with Gasteiger partial charge in [-0.25, -0.2) is 9.97 Å². The van der Waals surface area contributed by atoms with E-state index in [0.717, 1.165) is 15.8 Å². The van der Waals surface area contributed by atoms with Gasteiger partial charge in [-0.15, -0.1) is 0 Å². The molecular formula is C46H30N6. The number of imidazole rings is 1. The maximum atomic E-state index is 9.36. The Morgan fingerprint density at radius 3 is 1.73 bits per heavy atom. The summed E-state index contributed by atoms with van der Waals surface area (Å²) >= 11 is 0. The Kier molecular flexibility index (Phi) is 4.06. The summed E-state index contributed by atoms with van der Waals surface area (Å²) in [5.74, 6) is -0.973. The minimum absolute atomic E-state index is 0.227. The fourth-order valence-electron chi connectivity index (χ4n) is 6.28. The van der Waals surface area contributed by atoms with Crippen molar-refractivity contribution in [2.75, 3.05) is 0 Å². The molecule has 0 aliphatic heterocycles. The van der Waals surface area contributed by atoms with Crippen LogP contribution in [-0.4, -0.2) is 29.1 Å². The molecule has 0 aliphatic rings. The maximum absolute atomic E-state index is 9.36. The molecule has 0 aliphatic carbocycles. The third kappa shape index (κ3) is 4.88. The zero-order chi connectivity index (χ0) is 49.2. The number of benzene rings is 7. The molecule has 6 nitrogen and oxygen atoms in total. The van der Waals surface area contributed by atoms with Crippen molar-refractivity contribution < 1.29 is 23.3 Å². The fraction of sp³-hybridized carbons (Fsp3) is 0. The Morgan fingerprint density at radius 2 is 0.981 bits per heavy atom. The first-order valence-corrected chi connectivity index (χ1v) is 15.9. The number of nitrogens with zero attached hydrogens (tertiary/aromatic N) is 6. The van der Waals surface area contributed by atoms with Crippen LogP contribution in [0.2, 0.25) is 0 Å². The molecule has 0 radical (unpaired) electrons. The van der Waals surface area contributed by atoms with Gasteiger partial charge in [-0.1, -0.05) is 145 Å². The summed E-state index contributed by atoms with van der Waals surface area (Å²) in [6.07, 6.45) is 0. The van der Waals surface area contributed by atoms with E-state index in [1.165, 1.54) is 0 Å². The van der Waals surface area contributed by atoms with Gasteiger partial charge >= 0.3 is 0 Å². The van der Waals surface area contributed by atoms with Crippen molar-refractivity contribution in [2.45, 2.75) is 0 Å². The predicted octanol–water partition coefficient (Wildman–Crippen LogP) is 11.0. The van der Waals surface area contributed by atoms with Crippen LogP contribution < -0.4 is 0 Å². The van der Waals surface area contributed by atoms with Crippen molar-refractivity contribution in [3.63, 3.8) is 0 Å². The molecule has 10 aromatic rings. The average Bonchev–Trinajstić information content (AvgIpc) is 3.94. The van der Waals surface area contributed by atoms with Crippen molar-refractivity contribution in [1.82, 2.24) is 29.1 Å². The zero-order valence-corrected chi connectivity index (χ0v) is 26.7. The van der Waals surface area contributed by atoms with Crippen molar-refractivity contribution in [3.05, 3.63) is 182 Å². The Bertz CT molecular complexity index is 3780. The first-order valence-electron chi connectivity index (χ1n) is 24.4. The molecule has 244 valence electrons. The standard InChI is InChI=1S/C46H30N6/c1-3-17-31(18-4-1)33-21-7-8-24-36(33)43-48-44(50-46(49-43)52-40-28-14-11-22-34(40)35-23-12-15-29-41(35)52)37-25-9-10-26-38(37)45-47-39-27-13-16-30-42(39)51(45)32-19-5-2-6-20-32/h1-30H/i1D,3D,4D,7D,8D,11D,12D,14D,15D,17D,18D,21D,22D,23D,24D,28D,29D. The first-order chi connectivity index (χ1) is 32.9. The highest BCUT2D eigenvalue weighted by atomic mass is 15.2. The molecule has 0 saturated heterocycles. The van der Waals surface area contributed by atoms with Gasteiger partial charge in [0.15, 0.2) is 11.6 Å². The summed E-state index contributed by atoms with van der Waals surface area (Å²) in [6.45, 7) is 0. The van der Waals surface area contributed by atoms with Crippen LogP contribution in [0.5, 0.6) is 0 Å². The third-order valence-corrected chi connectivity index (χ3v) is 8.50. The van der Waals surface area contributed by atoms with Gasteiger partial charge in [0, 0.05) is 33.2 Å². The highest BCUT2D eigenvalue weighted by molar-refractivity contribution is 6.09. The van der Waals surface area contributed by atoms with Crippen LogP contribution in [-0.2, 0) is 0 Å². The van der Waals surface area contributed by atoms with E-state index in [1.807, 2.05) is 59.2 Å². The SMILES string of the molecule is [2H]c1c([2H])c([2H])c(-c2c([2H])c([2H])c([2H])c([2H])c2-c2nc(-c3ccccc3-c3nc4ccccc4n3-c3ccccc3)nc(-n3c4c([2H])c([2H])c([2H])c([2H])c4c4c([2H])c([2H])c([2H])c([2H])c43)n2)c([2H])c1[2H]. The maximum Gasteiger partial charge on any atom is 0.238 e. The predicted molar refractivity (Wildman–Crippen MR) is 211 cm³/mol. The Labute approximate surface area is 323 Å². The van der Waals surface area contributed by atoms with E-state index in [0.29, 0.717) is 16.9 Å². The van der Waals surface area contributed by atoms with Gasteiger partial charge in [-0.3, -0.25) is 9.13 Å². The molecular weight excluding hydrogens is 637 g/mol. The van der Waals surface area contributed by atoms with E-state index in [9.17, 15) is 5.48 Å². The molecule has 6 heteroatoms. The molecule has 0 unspecified atom stereocenters. The van der Waals surface area contributed by atoms with E-state index < -0.39 is 131 Å². The number of para-hydroxylation sites is 5. The summed E-state index contributed by atoms with van der Waals surface area (Å²) in [6, 6.07) is 10.8. The van der Waals surface area contributed by atoms with Gasteiger partial charge in [0.2, 0.25) is 5.95 Å². The fourth-order valence-corrected chi connectivity index (χ4v) is 6.28. The third-order valence-electron chi connectivity index (χ3n) is 8.50. The molecule has 7 aromatic carbocycles. The van der Waals surface area contributed by atoms with Crippen LogP contribution in [0, 0.1) is 0 Å². The molecule has 0 amide bonds. The van der Waals surface area contributed by atoms with Crippen LogP contribution in [0.1, 0.15) is 23.3 Å². The Hall–Kier alpha value is -7.18. The molecule has 3 heterocycles. The molecule has 0 spiro atoms. The summed E-state index contributed by atoms with van der Waals surface area (Å²) < 4.78 is 153. The quantitative estimate of drug-likeness (QED) is 0.175. The largest absolute Gasteiger partial charge is 0.292 e. The zero-order valence-electron chi connectivity index (χ0n) is 43.7. The Morgan fingerprint density at radius 1 is 0.404 bits per heavy atom. The van der Waals surface area contributed by atoms with Gasteiger partial charge < -0.3 is 0 Å². The number of hydrogen-bond donors (Lipinski definition) is 0. The monoisotopic (exact) mass is 683 g/mol. The van der Waals surface area contributed by atoms with Gasteiger partial charge in [0.25, 0.3) is 0 Å². The van der Waals surface area contributed by atoms with Crippen LogP contribution in [0.15, 0.2) is 182 Å². The lowest BCUT2D eigenvalue weighted by Gasteiger charge is -2.15. The molecule has 0 bridgehead atoms. The number of hydrogen-bond acceptors (Lipinski definition) is 4. The van der Waals surface area contributed by atoms with E-state index in [2.05, 4.69) is 0 Å².